The highest BCUT2D eigenvalue weighted by molar-refractivity contribution is 6.01. The highest BCUT2D eigenvalue weighted by Gasteiger charge is 2.44. The van der Waals surface area contributed by atoms with Crippen LogP contribution in [0.15, 0.2) is 90.0 Å². The van der Waals surface area contributed by atoms with Crippen molar-refractivity contribution in [2.75, 3.05) is 7.11 Å². The Hall–Kier alpha value is -3.79. The minimum absolute atomic E-state index is 0.0360. The Balaban J connectivity index is 1.60. The van der Waals surface area contributed by atoms with E-state index in [9.17, 15) is 4.79 Å². The van der Waals surface area contributed by atoms with Crippen LogP contribution in [0.25, 0.3) is 22.2 Å². The first kappa shape index (κ1) is 21.7. The summed E-state index contributed by atoms with van der Waals surface area (Å²) in [5.74, 6) is 1.02. The lowest BCUT2D eigenvalue weighted by atomic mass is 9.85. The number of H-pyrrole nitrogens is 1. The average Bonchev–Trinajstić information content (AvgIpc) is 3.44. The molecule has 3 aromatic carbocycles. The Morgan fingerprint density at radius 2 is 1.71 bits per heavy atom. The van der Waals surface area contributed by atoms with Gasteiger partial charge in [-0.05, 0) is 61.9 Å². The molecule has 0 saturated heterocycles. The quantitative estimate of drug-likeness (QED) is 0.337. The number of nitrogens with one attached hydrogen (secondary N) is 1. The molecule has 2 heterocycles. The largest absolute Gasteiger partial charge is 0.497 e. The molecule has 0 radical (unpaired) electrons. The minimum atomic E-state index is -0.0923. The zero-order valence-corrected chi connectivity index (χ0v) is 20.3. The number of hydrogen-bond donors (Lipinski definition) is 1. The van der Waals surface area contributed by atoms with Crippen molar-refractivity contribution < 1.29 is 9.53 Å². The van der Waals surface area contributed by atoms with E-state index in [1.807, 2.05) is 18.2 Å². The summed E-state index contributed by atoms with van der Waals surface area (Å²) in [5.41, 5.74) is 7.91. The van der Waals surface area contributed by atoms with Crippen LogP contribution >= 0.6 is 0 Å². The molecule has 1 amide bonds. The fourth-order valence-electron chi connectivity index (χ4n) is 5.97. The highest BCUT2D eigenvalue weighted by Crippen LogP contribution is 2.51. The first-order valence-corrected chi connectivity index (χ1v) is 12.5. The molecule has 2 aliphatic rings. The van der Waals surface area contributed by atoms with Gasteiger partial charge in [-0.15, -0.1) is 0 Å². The molecule has 1 aliphatic heterocycles. The summed E-state index contributed by atoms with van der Waals surface area (Å²) >= 11 is 0. The van der Waals surface area contributed by atoms with Gasteiger partial charge in [0.05, 0.1) is 24.9 Å². The van der Waals surface area contributed by atoms with Gasteiger partial charge in [-0.25, -0.2) is 0 Å². The van der Waals surface area contributed by atoms with E-state index in [4.69, 9.17) is 4.74 Å². The normalized spacial score (nSPS) is 18.7. The van der Waals surface area contributed by atoms with Crippen molar-refractivity contribution in [3.05, 3.63) is 101 Å². The molecule has 6 rings (SSSR count). The molecule has 176 valence electrons. The number of ether oxygens (including phenoxy) is 1. The van der Waals surface area contributed by atoms with E-state index in [0.29, 0.717) is 0 Å². The van der Waals surface area contributed by atoms with E-state index >= 15 is 0 Å². The number of carbonyl (C=O) groups excluding carboxylic acids is 1. The Labute approximate surface area is 206 Å². The van der Waals surface area contributed by atoms with Gasteiger partial charge < -0.3 is 14.6 Å². The summed E-state index contributed by atoms with van der Waals surface area (Å²) in [6.45, 7) is 2.17. The average molecular weight is 463 g/mol. The number of carbonyl (C=O) groups is 1. The molecule has 0 spiro atoms. The van der Waals surface area contributed by atoms with Crippen LogP contribution in [-0.2, 0) is 4.79 Å². The molecule has 0 bridgehead atoms. The second kappa shape index (κ2) is 8.77. The number of fused-ring (bicyclic) bond motifs is 1. The molecule has 35 heavy (non-hydrogen) atoms. The third-order valence-electron chi connectivity index (χ3n) is 7.69. The maximum absolute atomic E-state index is 14.0. The molecule has 1 N–H and O–H groups in total. The van der Waals surface area contributed by atoms with Crippen molar-refractivity contribution in [1.29, 1.82) is 0 Å². The Morgan fingerprint density at radius 1 is 0.943 bits per heavy atom. The first-order valence-electron chi connectivity index (χ1n) is 12.5. The van der Waals surface area contributed by atoms with Gasteiger partial charge in [0.2, 0.25) is 0 Å². The molecule has 0 unspecified atom stereocenters. The van der Waals surface area contributed by atoms with Gasteiger partial charge in [-0.1, -0.05) is 60.7 Å². The van der Waals surface area contributed by atoms with Gasteiger partial charge >= 0.3 is 0 Å². The van der Waals surface area contributed by atoms with E-state index in [0.717, 1.165) is 59.3 Å². The monoisotopic (exact) mass is 462 g/mol. The van der Waals surface area contributed by atoms with Crippen molar-refractivity contribution in [3.8, 4) is 17.0 Å². The van der Waals surface area contributed by atoms with Crippen LogP contribution in [-0.4, -0.2) is 22.9 Å². The van der Waals surface area contributed by atoms with Crippen LogP contribution in [0.4, 0.5) is 0 Å². The van der Waals surface area contributed by atoms with Gasteiger partial charge in [0.1, 0.15) is 5.75 Å². The fraction of sp³-hybridized carbons (Fsp3) is 0.258. The van der Waals surface area contributed by atoms with E-state index in [2.05, 4.69) is 77.5 Å². The Morgan fingerprint density at radius 3 is 2.54 bits per heavy atom. The molecular formula is C31H30N2O2. The molecule has 1 aliphatic carbocycles. The number of hydrogen-bond acceptors (Lipinski definition) is 2. The lowest BCUT2D eigenvalue weighted by Gasteiger charge is -2.34. The van der Waals surface area contributed by atoms with Crippen molar-refractivity contribution in [2.45, 2.75) is 44.7 Å². The van der Waals surface area contributed by atoms with Gasteiger partial charge in [0, 0.05) is 27.6 Å². The van der Waals surface area contributed by atoms with E-state index in [1.54, 1.807) is 7.11 Å². The van der Waals surface area contributed by atoms with Crippen LogP contribution < -0.4 is 4.74 Å². The van der Waals surface area contributed by atoms with E-state index in [1.165, 1.54) is 16.5 Å². The Kier molecular flexibility index (Phi) is 5.44. The predicted octanol–water partition coefficient (Wildman–Crippen LogP) is 7.36. The first-order chi connectivity index (χ1) is 17.2. The van der Waals surface area contributed by atoms with Crippen LogP contribution in [0.5, 0.6) is 5.75 Å². The topological polar surface area (TPSA) is 45.3 Å². The summed E-state index contributed by atoms with van der Waals surface area (Å²) in [7, 11) is 1.70. The fourth-order valence-corrected chi connectivity index (χ4v) is 5.97. The summed E-state index contributed by atoms with van der Waals surface area (Å²) in [5, 5.41) is 1.17. The highest BCUT2D eigenvalue weighted by atomic mass is 16.5. The third-order valence-corrected chi connectivity index (χ3v) is 7.69. The van der Waals surface area contributed by atoms with Crippen molar-refractivity contribution >= 4 is 16.8 Å². The number of nitrogens with zero attached hydrogens (tertiary/aromatic N) is 1. The van der Waals surface area contributed by atoms with Crippen LogP contribution in [0, 0.1) is 0 Å². The number of aromatic amines is 1. The molecule has 2 atom stereocenters. The smallest absolute Gasteiger partial charge is 0.251 e. The van der Waals surface area contributed by atoms with E-state index in [-0.39, 0.29) is 18.0 Å². The predicted molar refractivity (Wildman–Crippen MR) is 140 cm³/mol. The van der Waals surface area contributed by atoms with Crippen molar-refractivity contribution in [2.24, 2.45) is 0 Å². The number of para-hydroxylation sites is 1. The molecule has 0 fully saturated rings. The Bertz CT molecular complexity index is 1430. The molecule has 4 aromatic rings. The van der Waals surface area contributed by atoms with Crippen LogP contribution in [0.3, 0.4) is 0 Å². The summed E-state index contributed by atoms with van der Waals surface area (Å²) < 4.78 is 5.55. The van der Waals surface area contributed by atoms with Crippen molar-refractivity contribution in [3.63, 3.8) is 0 Å². The van der Waals surface area contributed by atoms with Crippen molar-refractivity contribution in [1.82, 2.24) is 9.88 Å². The third kappa shape index (κ3) is 3.56. The van der Waals surface area contributed by atoms with E-state index < -0.39 is 0 Å². The SMILES string of the molecule is COc1cccc(-c2[nH]c3ccccc3c2[C@H]2C3=C(CCCC3)C(=O)N2[C@H](C)c2ccccc2)c1. The van der Waals surface area contributed by atoms with Crippen LogP contribution in [0.1, 0.15) is 55.8 Å². The van der Waals surface area contributed by atoms with Gasteiger partial charge in [0.15, 0.2) is 0 Å². The number of rotatable bonds is 5. The number of aromatic nitrogens is 1. The summed E-state index contributed by atoms with van der Waals surface area (Å²) in [6.07, 6.45) is 4.06. The lowest BCUT2D eigenvalue weighted by Crippen LogP contribution is -2.33. The number of methoxy groups -OCH3 is 1. The van der Waals surface area contributed by atoms with Crippen LogP contribution in [0.2, 0.25) is 0 Å². The summed E-state index contributed by atoms with van der Waals surface area (Å²) in [6, 6.07) is 26.9. The number of amides is 1. The van der Waals surface area contributed by atoms with Gasteiger partial charge in [0.25, 0.3) is 5.91 Å². The molecule has 4 heteroatoms. The maximum Gasteiger partial charge on any atom is 0.251 e. The summed E-state index contributed by atoms with van der Waals surface area (Å²) in [4.78, 5) is 19.8. The van der Waals surface area contributed by atoms with Gasteiger partial charge in [-0.2, -0.15) is 0 Å². The standard InChI is InChI=1S/C31H30N2O2/c1-20(21-11-4-3-5-12-21)33-30(24-15-6-7-16-25(24)31(33)34)28-26-17-8-9-18-27(26)32-29(28)22-13-10-14-23(19-22)35-2/h3-5,8-14,17-20,30,32H,6-7,15-16H2,1-2H3/t20-,30-/m1/s1. The zero-order chi connectivity index (χ0) is 23.9. The lowest BCUT2D eigenvalue weighted by molar-refractivity contribution is -0.129. The minimum Gasteiger partial charge on any atom is -0.497 e. The second-order valence-corrected chi connectivity index (χ2v) is 9.60. The van der Waals surface area contributed by atoms with Gasteiger partial charge in [-0.3, -0.25) is 4.79 Å². The maximum atomic E-state index is 14.0. The number of benzene rings is 3. The molecular weight excluding hydrogens is 432 g/mol. The zero-order valence-electron chi connectivity index (χ0n) is 20.3. The second-order valence-electron chi connectivity index (χ2n) is 9.60. The molecule has 1 aromatic heterocycles. The molecule has 0 saturated carbocycles. The molecule has 4 nitrogen and oxygen atoms in total.